The fourth-order valence-electron chi connectivity index (χ4n) is 1.12. The lowest BCUT2D eigenvalue weighted by Crippen LogP contribution is -1.91. The first kappa shape index (κ1) is 10.8. The lowest BCUT2D eigenvalue weighted by Gasteiger charge is -2.07. The van der Waals surface area contributed by atoms with Gasteiger partial charge < -0.3 is 9.84 Å². The molecule has 15 heavy (non-hydrogen) atoms. The highest BCUT2D eigenvalue weighted by Gasteiger charge is 2.09. The van der Waals surface area contributed by atoms with Crippen LogP contribution in [0.15, 0.2) is 17.1 Å². The molecule has 76 valence electrons. The van der Waals surface area contributed by atoms with E-state index in [9.17, 15) is 9.90 Å². The van der Waals surface area contributed by atoms with Crippen molar-refractivity contribution < 1.29 is 14.6 Å². The second-order valence-corrected chi connectivity index (χ2v) is 2.71. The average molecular weight is 204 g/mol. The number of hydrogen-bond acceptors (Lipinski definition) is 5. The number of aromatic hydroxyl groups is 1. The number of hydrogen-bond donors (Lipinski definition) is 1. The van der Waals surface area contributed by atoms with E-state index >= 15 is 0 Å². The van der Waals surface area contributed by atoms with Crippen LogP contribution in [0.25, 0.3) is 0 Å². The van der Waals surface area contributed by atoms with Crippen LogP contribution in [0.2, 0.25) is 0 Å². The van der Waals surface area contributed by atoms with E-state index in [4.69, 9.17) is 10.00 Å². The second kappa shape index (κ2) is 4.80. The Morgan fingerprint density at radius 3 is 2.87 bits per heavy atom. The van der Waals surface area contributed by atoms with Crippen LogP contribution in [0, 0.1) is 11.3 Å². The predicted octanol–water partition coefficient (Wildman–Crippen LogP) is 1.11. The number of isocyanates is 1. The van der Waals surface area contributed by atoms with Gasteiger partial charge in [0.1, 0.15) is 0 Å². The highest BCUT2D eigenvalue weighted by atomic mass is 16.5. The zero-order valence-electron chi connectivity index (χ0n) is 8.02. The maximum atomic E-state index is 9.93. The van der Waals surface area contributed by atoms with Crippen molar-refractivity contribution in [1.82, 2.24) is 0 Å². The zero-order chi connectivity index (χ0) is 11.3. The van der Waals surface area contributed by atoms with E-state index in [1.165, 1.54) is 25.3 Å². The lowest BCUT2D eigenvalue weighted by molar-refractivity contribution is 0.370. The molecule has 1 aromatic carbocycles. The molecule has 0 unspecified atom stereocenters. The molecule has 0 bridgehead atoms. The van der Waals surface area contributed by atoms with Crippen molar-refractivity contribution in [3.8, 4) is 17.6 Å². The molecule has 0 saturated carbocycles. The fourth-order valence-corrected chi connectivity index (χ4v) is 1.12. The van der Waals surface area contributed by atoms with Crippen LogP contribution in [0.4, 0.5) is 0 Å². The minimum atomic E-state index is -0.115. The largest absolute Gasteiger partial charge is 0.504 e. The number of phenols is 1. The van der Waals surface area contributed by atoms with Gasteiger partial charge in [-0.05, 0) is 6.07 Å². The van der Waals surface area contributed by atoms with E-state index < -0.39 is 0 Å². The van der Waals surface area contributed by atoms with Gasteiger partial charge in [0.15, 0.2) is 11.5 Å². The smallest absolute Gasteiger partial charge is 0.235 e. The Bertz CT molecular complexity index is 456. The van der Waals surface area contributed by atoms with Crippen molar-refractivity contribution >= 4 is 6.08 Å². The van der Waals surface area contributed by atoms with Crippen LogP contribution in [0.1, 0.15) is 11.1 Å². The number of ether oxygens (including phenoxy) is 1. The van der Waals surface area contributed by atoms with Crippen LogP contribution >= 0.6 is 0 Å². The molecule has 0 aliphatic heterocycles. The number of aliphatic imine (C=N–C) groups is 1. The Labute approximate surface area is 86.2 Å². The molecular weight excluding hydrogens is 196 g/mol. The minimum Gasteiger partial charge on any atom is -0.504 e. The molecule has 0 radical (unpaired) electrons. The topological polar surface area (TPSA) is 82.7 Å². The van der Waals surface area contributed by atoms with Crippen LogP contribution < -0.4 is 4.74 Å². The van der Waals surface area contributed by atoms with E-state index in [1.54, 1.807) is 0 Å². The van der Waals surface area contributed by atoms with Gasteiger partial charge in [0.2, 0.25) is 6.08 Å². The van der Waals surface area contributed by atoms with Crippen molar-refractivity contribution in [1.29, 1.82) is 5.26 Å². The number of benzene rings is 1. The van der Waals surface area contributed by atoms with Crippen LogP contribution in [-0.4, -0.2) is 18.3 Å². The zero-order valence-corrected chi connectivity index (χ0v) is 8.02. The van der Waals surface area contributed by atoms with E-state index in [1.807, 2.05) is 6.07 Å². The standard InChI is InChI=1S/C10H8N2O3/c1-15-9-3-7(4-11)2-8(10(9)14)5-12-6-13/h2-3,14H,5H2,1H3. The van der Waals surface area contributed by atoms with Crippen LogP contribution in [0.3, 0.4) is 0 Å². The van der Waals surface area contributed by atoms with E-state index in [0.29, 0.717) is 11.1 Å². The Kier molecular flexibility index (Phi) is 3.44. The fraction of sp³-hybridized carbons (Fsp3) is 0.200. The van der Waals surface area contributed by atoms with E-state index in [0.717, 1.165) is 0 Å². The van der Waals surface area contributed by atoms with Crippen molar-refractivity contribution in [2.45, 2.75) is 6.54 Å². The molecular formula is C10H8N2O3. The van der Waals surface area contributed by atoms with Gasteiger partial charge in [0, 0.05) is 11.6 Å². The molecule has 0 aromatic heterocycles. The summed E-state index contributed by atoms with van der Waals surface area (Å²) < 4.78 is 4.87. The third-order valence-electron chi connectivity index (χ3n) is 1.82. The number of phenolic OH excluding ortho intramolecular Hbond substituents is 1. The van der Waals surface area contributed by atoms with E-state index in [2.05, 4.69) is 4.99 Å². The molecule has 5 nitrogen and oxygen atoms in total. The second-order valence-electron chi connectivity index (χ2n) is 2.71. The van der Waals surface area contributed by atoms with Gasteiger partial charge in [-0.15, -0.1) is 0 Å². The number of nitriles is 1. The normalized spacial score (nSPS) is 8.80. The first-order valence-corrected chi connectivity index (χ1v) is 4.06. The molecule has 0 spiro atoms. The quantitative estimate of drug-likeness (QED) is 0.590. The SMILES string of the molecule is COc1cc(C#N)cc(CN=C=O)c1O. The molecule has 1 aromatic rings. The highest BCUT2D eigenvalue weighted by Crippen LogP contribution is 2.31. The van der Waals surface area contributed by atoms with Gasteiger partial charge in [-0.2, -0.15) is 5.26 Å². The maximum Gasteiger partial charge on any atom is 0.235 e. The summed E-state index contributed by atoms with van der Waals surface area (Å²) in [7, 11) is 1.38. The van der Waals surface area contributed by atoms with Crippen LogP contribution in [0.5, 0.6) is 11.5 Å². The Hall–Kier alpha value is -2.31. The summed E-state index contributed by atoms with van der Waals surface area (Å²) in [6.45, 7) is -0.0266. The molecule has 0 heterocycles. The lowest BCUT2D eigenvalue weighted by atomic mass is 10.1. The summed E-state index contributed by atoms with van der Waals surface area (Å²) in [5.74, 6) is 0.0700. The summed E-state index contributed by atoms with van der Waals surface area (Å²) >= 11 is 0. The molecule has 1 rings (SSSR count). The monoisotopic (exact) mass is 204 g/mol. The summed E-state index contributed by atoms with van der Waals surface area (Å²) in [5.41, 5.74) is 0.690. The summed E-state index contributed by atoms with van der Waals surface area (Å²) in [5, 5.41) is 18.3. The summed E-state index contributed by atoms with van der Waals surface area (Å²) in [4.78, 5) is 13.3. The van der Waals surface area contributed by atoms with Gasteiger partial charge in [0.25, 0.3) is 0 Å². The van der Waals surface area contributed by atoms with Crippen molar-refractivity contribution in [2.24, 2.45) is 4.99 Å². The first-order valence-electron chi connectivity index (χ1n) is 4.06. The third-order valence-corrected chi connectivity index (χ3v) is 1.82. The van der Waals surface area contributed by atoms with Crippen LogP contribution in [-0.2, 0) is 11.3 Å². The minimum absolute atomic E-state index is 0.0266. The van der Waals surface area contributed by atoms with Gasteiger partial charge in [-0.25, -0.2) is 9.79 Å². The van der Waals surface area contributed by atoms with Gasteiger partial charge in [0.05, 0.1) is 25.3 Å². The Morgan fingerprint density at radius 1 is 1.60 bits per heavy atom. The van der Waals surface area contributed by atoms with Gasteiger partial charge >= 0.3 is 0 Å². The van der Waals surface area contributed by atoms with Gasteiger partial charge in [-0.3, -0.25) is 0 Å². The Balaban J connectivity index is 3.24. The average Bonchev–Trinajstić information content (AvgIpc) is 2.27. The number of rotatable bonds is 3. The summed E-state index contributed by atoms with van der Waals surface area (Å²) in [6, 6.07) is 4.76. The number of nitrogens with zero attached hydrogens (tertiary/aromatic N) is 2. The van der Waals surface area contributed by atoms with Gasteiger partial charge in [-0.1, -0.05) is 0 Å². The van der Waals surface area contributed by atoms with Crippen molar-refractivity contribution in [3.05, 3.63) is 23.3 Å². The van der Waals surface area contributed by atoms with Crippen molar-refractivity contribution in [3.63, 3.8) is 0 Å². The third kappa shape index (κ3) is 2.33. The Morgan fingerprint density at radius 2 is 2.33 bits per heavy atom. The number of methoxy groups -OCH3 is 1. The highest BCUT2D eigenvalue weighted by molar-refractivity contribution is 5.52. The maximum absolute atomic E-state index is 9.93. The molecule has 0 fully saturated rings. The van der Waals surface area contributed by atoms with E-state index in [-0.39, 0.29) is 18.0 Å². The first-order chi connectivity index (χ1) is 7.22. The predicted molar refractivity (Wildman–Crippen MR) is 51.2 cm³/mol. The molecule has 0 atom stereocenters. The molecule has 0 amide bonds. The molecule has 5 heteroatoms. The summed E-state index contributed by atoms with van der Waals surface area (Å²) in [6.07, 6.45) is 1.36. The van der Waals surface area contributed by atoms with Crippen molar-refractivity contribution in [2.75, 3.05) is 7.11 Å². The molecule has 1 N–H and O–H groups in total. The molecule has 0 aliphatic rings. The molecule has 0 aliphatic carbocycles. The molecule has 0 saturated heterocycles. The number of carbonyl (C=O) groups excluding carboxylic acids is 1.